The Morgan fingerprint density at radius 2 is 1.78 bits per heavy atom. The molecule has 2 atom stereocenters. The highest BCUT2D eigenvalue weighted by atomic mass is 79.9. The van der Waals surface area contributed by atoms with Crippen molar-refractivity contribution in [1.82, 2.24) is 0 Å². The number of amides is 1. The van der Waals surface area contributed by atoms with Crippen molar-refractivity contribution in [2.75, 3.05) is 18.4 Å². The highest BCUT2D eigenvalue weighted by molar-refractivity contribution is 9.10. The molecular weight excluding hydrogens is 352 g/mol. The van der Waals surface area contributed by atoms with Crippen LogP contribution in [0.15, 0.2) is 53.0 Å². The van der Waals surface area contributed by atoms with Crippen LogP contribution >= 0.6 is 15.9 Å². The number of quaternary nitrogens is 1. The van der Waals surface area contributed by atoms with Gasteiger partial charge in [0.15, 0.2) is 6.04 Å². The summed E-state index contributed by atoms with van der Waals surface area (Å²) in [6.45, 7) is 6.15. The standard InChI is InChI=1S/C19H21BrN2O/c1-3-22(4-2)18-17(13-8-6-5-7-9-13)15-12-14(20)10-11-16(15)21-19(18)23/h5-12,17-18H,3-4H2,1-2H3,(H,21,23)/p+1/t17-,18-/m0/s1. The Bertz CT molecular complexity index is 698. The summed E-state index contributed by atoms with van der Waals surface area (Å²) in [6.07, 6.45) is 0. The molecule has 3 nitrogen and oxygen atoms in total. The minimum Gasteiger partial charge on any atom is -0.324 e. The Labute approximate surface area is 145 Å². The lowest BCUT2D eigenvalue weighted by molar-refractivity contribution is -0.913. The molecule has 0 saturated heterocycles. The van der Waals surface area contributed by atoms with Crippen molar-refractivity contribution in [2.24, 2.45) is 0 Å². The van der Waals surface area contributed by atoms with E-state index in [1.54, 1.807) is 0 Å². The summed E-state index contributed by atoms with van der Waals surface area (Å²) in [5.74, 6) is 0.194. The number of halogens is 1. The van der Waals surface area contributed by atoms with Crippen LogP contribution in [0.2, 0.25) is 0 Å². The van der Waals surface area contributed by atoms with Crippen LogP contribution < -0.4 is 10.2 Å². The quantitative estimate of drug-likeness (QED) is 0.848. The van der Waals surface area contributed by atoms with Gasteiger partial charge in [-0.25, -0.2) is 0 Å². The second-order valence-corrected chi connectivity index (χ2v) is 6.87. The third-order valence-electron chi connectivity index (χ3n) is 4.73. The molecule has 0 aliphatic carbocycles. The van der Waals surface area contributed by atoms with Gasteiger partial charge in [0.05, 0.1) is 19.0 Å². The summed E-state index contributed by atoms with van der Waals surface area (Å²) in [5.41, 5.74) is 3.32. The van der Waals surface area contributed by atoms with Crippen molar-refractivity contribution in [1.29, 1.82) is 0 Å². The summed E-state index contributed by atoms with van der Waals surface area (Å²) < 4.78 is 1.04. The normalized spacial score (nSPS) is 20.3. The molecule has 2 aromatic rings. The molecule has 1 amide bonds. The summed E-state index contributed by atoms with van der Waals surface area (Å²) >= 11 is 3.58. The minimum absolute atomic E-state index is 0.0762. The molecule has 2 aromatic carbocycles. The average Bonchev–Trinajstić information content (AvgIpc) is 2.57. The number of rotatable bonds is 4. The molecular formula is C19H22BrN2O+. The Morgan fingerprint density at radius 1 is 1.09 bits per heavy atom. The molecule has 0 unspecified atom stereocenters. The fourth-order valence-corrected chi connectivity index (χ4v) is 3.97. The number of fused-ring (bicyclic) bond motifs is 1. The number of nitrogens with one attached hydrogen (secondary N) is 2. The summed E-state index contributed by atoms with van der Waals surface area (Å²) in [6, 6.07) is 16.4. The predicted octanol–water partition coefficient (Wildman–Crippen LogP) is 2.83. The van der Waals surface area contributed by atoms with E-state index in [4.69, 9.17) is 0 Å². The van der Waals surface area contributed by atoms with E-state index >= 15 is 0 Å². The zero-order valence-corrected chi connectivity index (χ0v) is 15.1. The van der Waals surface area contributed by atoms with Gasteiger partial charge in [-0.05, 0) is 43.2 Å². The second kappa shape index (κ2) is 6.85. The van der Waals surface area contributed by atoms with Crippen LogP contribution in [0.5, 0.6) is 0 Å². The third-order valence-corrected chi connectivity index (χ3v) is 5.22. The Kier molecular flexibility index (Phi) is 4.83. The number of hydrogen-bond acceptors (Lipinski definition) is 1. The van der Waals surface area contributed by atoms with Crippen LogP contribution in [0.4, 0.5) is 5.69 Å². The van der Waals surface area contributed by atoms with Gasteiger partial charge >= 0.3 is 0 Å². The van der Waals surface area contributed by atoms with Crippen molar-refractivity contribution in [3.63, 3.8) is 0 Å². The first-order valence-electron chi connectivity index (χ1n) is 8.15. The maximum atomic E-state index is 12.8. The van der Waals surface area contributed by atoms with E-state index in [1.807, 2.05) is 30.3 Å². The predicted molar refractivity (Wildman–Crippen MR) is 96.9 cm³/mol. The van der Waals surface area contributed by atoms with Gasteiger partial charge in [0, 0.05) is 10.2 Å². The van der Waals surface area contributed by atoms with Crippen LogP contribution in [0.25, 0.3) is 0 Å². The molecule has 0 radical (unpaired) electrons. The van der Waals surface area contributed by atoms with Gasteiger partial charge in [0.2, 0.25) is 0 Å². The lowest BCUT2D eigenvalue weighted by Crippen LogP contribution is -3.17. The smallest absolute Gasteiger partial charge is 0.283 e. The van der Waals surface area contributed by atoms with Gasteiger partial charge in [-0.2, -0.15) is 0 Å². The van der Waals surface area contributed by atoms with Crippen LogP contribution in [0.1, 0.15) is 30.9 Å². The van der Waals surface area contributed by atoms with Gasteiger partial charge in [0.1, 0.15) is 0 Å². The fraction of sp³-hybridized carbons (Fsp3) is 0.316. The maximum Gasteiger partial charge on any atom is 0.283 e. The molecule has 0 saturated carbocycles. The number of carbonyl (C=O) groups excluding carboxylic acids is 1. The summed E-state index contributed by atoms with van der Waals surface area (Å²) in [7, 11) is 0. The van der Waals surface area contributed by atoms with Crippen molar-refractivity contribution in [3.8, 4) is 0 Å². The first-order valence-corrected chi connectivity index (χ1v) is 8.94. The van der Waals surface area contributed by atoms with Crippen molar-refractivity contribution in [3.05, 3.63) is 64.1 Å². The van der Waals surface area contributed by atoms with Crippen molar-refractivity contribution >= 4 is 27.5 Å². The number of carbonyl (C=O) groups is 1. The van der Waals surface area contributed by atoms with E-state index in [0.717, 1.165) is 23.2 Å². The zero-order chi connectivity index (χ0) is 16.4. The lowest BCUT2D eigenvalue weighted by atomic mass is 9.80. The first-order chi connectivity index (χ1) is 11.2. The number of anilines is 1. The van der Waals surface area contributed by atoms with Crippen molar-refractivity contribution < 1.29 is 9.69 Å². The van der Waals surface area contributed by atoms with E-state index in [1.165, 1.54) is 16.0 Å². The fourth-order valence-electron chi connectivity index (χ4n) is 3.59. The summed E-state index contributed by atoms with van der Waals surface area (Å²) in [4.78, 5) is 14.1. The Balaban J connectivity index is 2.17. The SMILES string of the molecule is CC[NH+](CC)[C@@H]1C(=O)Nc2ccc(Br)cc2[C@@H]1c1ccccc1. The number of hydrogen-bond donors (Lipinski definition) is 2. The van der Waals surface area contributed by atoms with Gasteiger partial charge in [-0.3, -0.25) is 4.79 Å². The third kappa shape index (κ3) is 3.06. The molecule has 0 bridgehead atoms. The lowest BCUT2D eigenvalue weighted by Gasteiger charge is -2.37. The molecule has 0 spiro atoms. The molecule has 120 valence electrons. The molecule has 2 N–H and O–H groups in total. The van der Waals surface area contributed by atoms with E-state index in [9.17, 15) is 4.79 Å². The second-order valence-electron chi connectivity index (χ2n) is 5.95. The first kappa shape index (κ1) is 16.2. The highest BCUT2D eigenvalue weighted by Crippen LogP contribution is 2.37. The van der Waals surface area contributed by atoms with Gasteiger partial charge in [-0.1, -0.05) is 46.3 Å². The van der Waals surface area contributed by atoms with Crippen molar-refractivity contribution in [2.45, 2.75) is 25.8 Å². The molecule has 1 aliphatic heterocycles. The van der Waals surface area contributed by atoms with E-state index in [-0.39, 0.29) is 17.9 Å². The molecule has 4 heteroatoms. The molecule has 3 rings (SSSR count). The minimum atomic E-state index is -0.103. The zero-order valence-electron chi connectivity index (χ0n) is 13.5. The monoisotopic (exact) mass is 373 g/mol. The average molecular weight is 374 g/mol. The molecule has 0 aromatic heterocycles. The van der Waals surface area contributed by atoms with E-state index in [0.29, 0.717) is 0 Å². The number of benzene rings is 2. The van der Waals surface area contributed by atoms with Crippen LogP contribution in [0, 0.1) is 0 Å². The van der Waals surface area contributed by atoms with Crippen LogP contribution in [-0.4, -0.2) is 25.0 Å². The number of likely N-dealkylation sites (N-methyl/N-ethyl adjacent to an activating group) is 1. The molecule has 1 heterocycles. The highest BCUT2D eigenvalue weighted by Gasteiger charge is 2.42. The van der Waals surface area contributed by atoms with Crippen LogP contribution in [0.3, 0.4) is 0 Å². The van der Waals surface area contributed by atoms with E-state index in [2.05, 4.69) is 53.3 Å². The topological polar surface area (TPSA) is 33.5 Å². The Hall–Kier alpha value is -1.65. The van der Waals surface area contributed by atoms with Gasteiger partial charge in [-0.15, -0.1) is 0 Å². The Morgan fingerprint density at radius 3 is 2.43 bits per heavy atom. The van der Waals surface area contributed by atoms with Gasteiger partial charge < -0.3 is 10.2 Å². The summed E-state index contributed by atoms with van der Waals surface area (Å²) in [5, 5.41) is 3.11. The maximum absolute atomic E-state index is 12.8. The molecule has 1 aliphatic rings. The van der Waals surface area contributed by atoms with Gasteiger partial charge in [0.25, 0.3) is 5.91 Å². The van der Waals surface area contributed by atoms with E-state index < -0.39 is 0 Å². The van der Waals surface area contributed by atoms with Crippen LogP contribution in [-0.2, 0) is 4.79 Å². The molecule has 23 heavy (non-hydrogen) atoms. The largest absolute Gasteiger partial charge is 0.324 e. The molecule has 0 fully saturated rings.